The second kappa shape index (κ2) is 23.7. The molecule has 30 heavy (non-hydrogen) atoms. The van der Waals surface area contributed by atoms with Crippen molar-refractivity contribution in [3.8, 4) is 0 Å². The molecule has 176 valence electrons. The van der Waals surface area contributed by atoms with Crippen LogP contribution in [0.5, 0.6) is 0 Å². The van der Waals surface area contributed by atoms with Crippen molar-refractivity contribution >= 4 is 18.2 Å². The van der Waals surface area contributed by atoms with Crippen molar-refractivity contribution in [1.82, 2.24) is 5.32 Å². The molecule has 0 radical (unpaired) electrons. The first-order valence-electron chi connectivity index (χ1n) is 10.9. The van der Waals surface area contributed by atoms with Crippen LogP contribution in [0.15, 0.2) is 0 Å². The van der Waals surface area contributed by atoms with E-state index in [0.717, 1.165) is 44.8 Å². The van der Waals surface area contributed by atoms with Crippen LogP contribution < -0.4 is 5.32 Å². The van der Waals surface area contributed by atoms with Gasteiger partial charge in [0, 0.05) is 25.8 Å². The number of carbonyl (C=O) groups excluding carboxylic acids is 2. The Balaban J connectivity index is 3.16. The zero-order chi connectivity index (χ0) is 22.1. The first-order chi connectivity index (χ1) is 14.7. The Morgan fingerprint density at radius 3 is 1.67 bits per heavy atom. The van der Waals surface area contributed by atoms with E-state index in [1.165, 1.54) is 0 Å². The molecule has 9 heteroatoms. The highest BCUT2D eigenvalue weighted by Gasteiger charge is 2.01. The van der Waals surface area contributed by atoms with Crippen LogP contribution in [0.2, 0.25) is 0 Å². The molecular formula is C21H39NO8. The second-order valence-electron chi connectivity index (χ2n) is 6.77. The van der Waals surface area contributed by atoms with Gasteiger partial charge in [-0.25, -0.2) is 0 Å². The van der Waals surface area contributed by atoms with E-state index in [0.29, 0.717) is 72.2 Å². The fraction of sp³-hybridized carbons (Fsp3) is 0.857. The van der Waals surface area contributed by atoms with Gasteiger partial charge in [0.2, 0.25) is 5.91 Å². The minimum Gasteiger partial charge on any atom is -0.481 e. The molecule has 0 saturated carbocycles. The van der Waals surface area contributed by atoms with Crippen LogP contribution in [-0.2, 0) is 33.3 Å². The molecule has 0 spiro atoms. The number of carbonyl (C=O) groups is 3. The maximum Gasteiger partial charge on any atom is 0.303 e. The van der Waals surface area contributed by atoms with Crippen LogP contribution >= 0.6 is 0 Å². The molecule has 0 aliphatic heterocycles. The van der Waals surface area contributed by atoms with E-state index in [2.05, 4.69) is 5.32 Å². The molecule has 0 aliphatic carbocycles. The largest absolute Gasteiger partial charge is 0.481 e. The number of carboxylic acids is 1. The molecule has 1 amide bonds. The van der Waals surface area contributed by atoms with Crippen molar-refractivity contribution in [2.45, 2.75) is 57.8 Å². The van der Waals surface area contributed by atoms with Gasteiger partial charge in [-0.15, -0.1) is 0 Å². The quantitative estimate of drug-likeness (QED) is 0.175. The van der Waals surface area contributed by atoms with E-state index in [1.807, 2.05) is 0 Å². The van der Waals surface area contributed by atoms with Crippen LogP contribution in [-0.4, -0.2) is 82.7 Å². The van der Waals surface area contributed by atoms with Crippen molar-refractivity contribution in [3.05, 3.63) is 0 Å². The lowest BCUT2D eigenvalue weighted by atomic mass is 10.1. The smallest absolute Gasteiger partial charge is 0.303 e. The van der Waals surface area contributed by atoms with E-state index >= 15 is 0 Å². The Kier molecular flexibility index (Phi) is 22.5. The molecule has 0 unspecified atom stereocenters. The van der Waals surface area contributed by atoms with E-state index in [1.54, 1.807) is 0 Å². The normalized spacial score (nSPS) is 10.8. The SMILES string of the molecule is O=CCCOCCOCCOCCOCCNC(=O)CCCCCCCCC(=O)O. The Bertz CT molecular complexity index is 420. The van der Waals surface area contributed by atoms with Crippen molar-refractivity contribution in [1.29, 1.82) is 0 Å². The number of carboxylic acid groups (broad SMARTS) is 1. The van der Waals surface area contributed by atoms with Crippen molar-refractivity contribution < 1.29 is 38.4 Å². The zero-order valence-corrected chi connectivity index (χ0v) is 18.1. The Morgan fingerprint density at radius 1 is 0.667 bits per heavy atom. The summed E-state index contributed by atoms with van der Waals surface area (Å²) >= 11 is 0. The molecule has 0 heterocycles. The Morgan fingerprint density at radius 2 is 1.13 bits per heavy atom. The van der Waals surface area contributed by atoms with Gasteiger partial charge < -0.3 is 34.2 Å². The fourth-order valence-electron chi connectivity index (χ4n) is 2.51. The number of hydrogen-bond donors (Lipinski definition) is 2. The van der Waals surface area contributed by atoms with Gasteiger partial charge in [0.25, 0.3) is 0 Å². The number of aldehydes is 1. The van der Waals surface area contributed by atoms with Gasteiger partial charge in [-0.1, -0.05) is 25.7 Å². The molecule has 0 bridgehead atoms. The minimum absolute atomic E-state index is 0.0352. The Labute approximate surface area is 179 Å². The zero-order valence-electron chi connectivity index (χ0n) is 18.1. The number of hydrogen-bond acceptors (Lipinski definition) is 7. The van der Waals surface area contributed by atoms with Crippen LogP contribution in [0.4, 0.5) is 0 Å². The fourth-order valence-corrected chi connectivity index (χ4v) is 2.51. The van der Waals surface area contributed by atoms with E-state index in [9.17, 15) is 14.4 Å². The number of unbranched alkanes of at least 4 members (excludes halogenated alkanes) is 5. The molecule has 0 aliphatic rings. The first-order valence-corrected chi connectivity index (χ1v) is 10.9. The number of amides is 1. The maximum absolute atomic E-state index is 11.7. The van der Waals surface area contributed by atoms with Crippen molar-refractivity contribution in [2.24, 2.45) is 0 Å². The van der Waals surface area contributed by atoms with Gasteiger partial charge >= 0.3 is 5.97 Å². The maximum atomic E-state index is 11.7. The standard InChI is InChI=1S/C21H39NO8/c23-11-7-12-27-14-16-29-18-19-30-17-15-28-13-10-22-20(24)8-5-3-1-2-4-6-9-21(25)26/h11H,1-10,12-19H2,(H,22,24)(H,25,26). The summed E-state index contributed by atoms with van der Waals surface area (Å²) in [4.78, 5) is 32.2. The summed E-state index contributed by atoms with van der Waals surface area (Å²) in [5, 5.41) is 11.4. The molecule has 2 N–H and O–H groups in total. The lowest BCUT2D eigenvalue weighted by Gasteiger charge is -2.08. The summed E-state index contributed by atoms with van der Waals surface area (Å²) in [6.07, 6.45) is 7.56. The molecule has 0 aromatic heterocycles. The average molecular weight is 434 g/mol. The van der Waals surface area contributed by atoms with Crippen LogP contribution in [0.3, 0.4) is 0 Å². The summed E-state index contributed by atoms with van der Waals surface area (Å²) < 4.78 is 21.2. The number of aliphatic carboxylic acids is 1. The monoisotopic (exact) mass is 433 g/mol. The first kappa shape index (κ1) is 28.5. The lowest BCUT2D eigenvalue weighted by Crippen LogP contribution is -2.27. The molecule has 0 saturated heterocycles. The van der Waals surface area contributed by atoms with Crippen molar-refractivity contribution in [3.63, 3.8) is 0 Å². The van der Waals surface area contributed by atoms with E-state index in [-0.39, 0.29) is 12.3 Å². The van der Waals surface area contributed by atoms with Crippen LogP contribution in [0.1, 0.15) is 57.8 Å². The predicted molar refractivity (Wildman–Crippen MR) is 112 cm³/mol. The highest BCUT2D eigenvalue weighted by molar-refractivity contribution is 5.75. The number of ether oxygens (including phenoxy) is 4. The van der Waals surface area contributed by atoms with Gasteiger partial charge in [0.15, 0.2) is 0 Å². The average Bonchev–Trinajstić information content (AvgIpc) is 2.72. The van der Waals surface area contributed by atoms with Gasteiger partial charge in [0.05, 0.1) is 52.9 Å². The van der Waals surface area contributed by atoms with E-state index in [4.69, 9.17) is 24.1 Å². The molecule has 0 fully saturated rings. The Hall–Kier alpha value is -1.55. The van der Waals surface area contributed by atoms with Crippen LogP contribution in [0.25, 0.3) is 0 Å². The number of nitrogens with one attached hydrogen (secondary N) is 1. The molecule has 0 aromatic carbocycles. The molecule has 9 nitrogen and oxygen atoms in total. The van der Waals surface area contributed by atoms with E-state index < -0.39 is 5.97 Å². The predicted octanol–water partition coefficient (Wildman–Crippen LogP) is 1.96. The third-order valence-electron chi connectivity index (χ3n) is 4.11. The summed E-state index contributed by atoms with van der Waals surface area (Å²) in [6.45, 7) is 4.21. The van der Waals surface area contributed by atoms with Crippen molar-refractivity contribution in [2.75, 3.05) is 59.4 Å². The third kappa shape index (κ3) is 24.5. The number of rotatable bonds is 24. The molecule has 0 atom stereocenters. The topological polar surface area (TPSA) is 120 Å². The van der Waals surface area contributed by atoms with Gasteiger partial charge in [-0.2, -0.15) is 0 Å². The highest BCUT2D eigenvalue weighted by Crippen LogP contribution is 2.08. The van der Waals surface area contributed by atoms with Gasteiger partial charge in [-0.05, 0) is 12.8 Å². The van der Waals surface area contributed by atoms with Crippen LogP contribution in [0, 0.1) is 0 Å². The molecule has 0 aromatic rings. The highest BCUT2D eigenvalue weighted by atomic mass is 16.6. The summed E-state index contributed by atoms with van der Waals surface area (Å²) in [5.41, 5.74) is 0. The summed E-state index contributed by atoms with van der Waals surface area (Å²) in [7, 11) is 0. The molecule has 0 rings (SSSR count). The summed E-state index contributed by atoms with van der Waals surface area (Å²) in [5.74, 6) is -0.702. The minimum atomic E-state index is -0.737. The summed E-state index contributed by atoms with van der Waals surface area (Å²) in [6, 6.07) is 0. The second-order valence-corrected chi connectivity index (χ2v) is 6.77. The van der Waals surface area contributed by atoms with Gasteiger partial charge in [-0.3, -0.25) is 9.59 Å². The molecular weight excluding hydrogens is 394 g/mol. The third-order valence-corrected chi connectivity index (χ3v) is 4.11. The van der Waals surface area contributed by atoms with Gasteiger partial charge in [0.1, 0.15) is 6.29 Å². The lowest BCUT2D eigenvalue weighted by molar-refractivity contribution is -0.137.